The molecule has 9 nitrogen and oxygen atoms in total. The van der Waals surface area contributed by atoms with Crippen molar-refractivity contribution >= 4 is 29.3 Å². The predicted molar refractivity (Wildman–Crippen MR) is 148 cm³/mol. The molecular weight excluding hydrogens is 516 g/mol. The molecule has 0 unspecified atom stereocenters. The normalized spacial score (nSPS) is 13.3. The zero-order chi connectivity index (χ0) is 28.0. The van der Waals surface area contributed by atoms with Crippen LogP contribution in [-0.4, -0.2) is 40.4 Å². The van der Waals surface area contributed by atoms with Crippen molar-refractivity contribution in [3.63, 3.8) is 0 Å². The van der Waals surface area contributed by atoms with Gasteiger partial charge in [0, 0.05) is 12.3 Å². The van der Waals surface area contributed by atoms with Crippen molar-refractivity contribution in [3.8, 4) is 11.1 Å². The van der Waals surface area contributed by atoms with Gasteiger partial charge in [-0.15, -0.1) is 10.2 Å². The van der Waals surface area contributed by atoms with Crippen molar-refractivity contribution in [1.29, 1.82) is 0 Å². The molecule has 206 valence electrons. The number of esters is 1. The molecule has 3 aromatic rings. The average Bonchev–Trinajstić information content (AvgIpc) is 3.45. The number of ether oxygens (including phenoxy) is 2. The number of hydrogen-bond acceptors (Lipinski definition) is 8. The zero-order valence-corrected chi connectivity index (χ0v) is 23.3. The van der Waals surface area contributed by atoms with Crippen LogP contribution in [0.2, 0.25) is 0 Å². The van der Waals surface area contributed by atoms with Gasteiger partial charge in [-0.3, -0.25) is 9.59 Å². The first-order valence-corrected chi connectivity index (χ1v) is 13.9. The van der Waals surface area contributed by atoms with Gasteiger partial charge in [0.05, 0.1) is 12.5 Å². The number of primary amides is 1. The second kappa shape index (κ2) is 12.4. The molecule has 0 saturated heterocycles. The maximum absolute atomic E-state index is 12.6. The molecule has 1 aliphatic carbocycles. The Balaban J connectivity index is 1.30. The number of alkyl carbamates (subject to hydrolysis) is 1. The number of nitrogens with one attached hydrogen (secondary N) is 1. The first-order chi connectivity index (χ1) is 18.6. The average molecular weight is 551 g/mol. The van der Waals surface area contributed by atoms with E-state index in [0.717, 1.165) is 0 Å². The van der Waals surface area contributed by atoms with Gasteiger partial charge in [-0.2, -0.15) is 0 Å². The highest BCUT2D eigenvalue weighted by atomic mass is 32.1. The second-order valence-electron chi connectivity index (χ2n) is 10.5. The number of carbonyl (C=O) groups excluding carboxylic acids is 3. The van der Waals surface area contributed by atoms with E-state index in [1.807, 2.05) is 24.3 Å². The zero-order valence-electron chi connectivity index (χ0n) is 22.4. The van der Waals surface area contributed by atoms with Gasteiger partial charge in [-0.25, -0.2) is 4.79 Å². The number of aromatic nitrogens is 2. The number of carbonyl (C=O) groups is 3. The number of unbranched alkanes of at least 4 members (excludes halogenated alkanes) is 1. The van der Waals surface area contributed by atoms with Gasteiger partial charge in [0.15, 0.2) is 0 Å². The molecule has 1 aliphatic rings. The van der Waals surface area contributed by atoms with Crippen LogP contribution in [0.15, 0.2) is 48.5 Å². The van der Waals surface area contributed by atoms with Gasteiger partial charge in [0.25, 0.3) is 0 Å². The highest BCUT2D eigenvalue weighted by Gasteiger charge is 2.29. The molecule has 0 bridgehead atoms. The fourth-order valence-electron chi connectivity index (χ4n) is 4.64. The van der Waals surface area contributed by atoms with Crippen molar-refractivity contribution in [2.24, 2.45) is 5.73 Å². The summed E-state index contributed by atoms with van der Waals surface area (Å²) in [5.41, 5.74) is 9.34. The van der Waals surface area contributed by atoms with E-state index in [1.165, 1.54) is 33.6 Å². The van der Waals surface area contributed by atoms with Crippen LogP contribution in [0.5, 0.6) is 0 Å². The lowest BCUT2D eigenvalue weighted by Crippen LogP contribution is -2.35. The van der Waals surface area contributed by atoms with Crippen LogP contribution >= 0.6 is 11.3 Å². The van der Waals surface area contributed by atoms with Crippen LogP contribution in [0.25, 0.3) is 11.1 Å². The molecule has 10 heteroatoms. The van der Waals surface area contributed by atoms with E-state index in [0.29, 0.717) is 35.9 Å². The van der Waals surface area contributed by atoms with E-state index in [2.05, 4.69) is 39.8 Å². The van der Waals surface area contributed by atoms with E-state index in [9.17, 15) is 14.4 Å². The highest BCUT2D eigenvalue weighted by Crippen LogP contribution is 2.44. The Morgan fingerprint density at radius 3 is 2.26 bits per heavy atom. The third kappa shape index (κ3) is 7.63. The predicted octanol–water partition coefficient (Wildman–Crippen LogP) is 5.05. The lowest BCUT2D eigenvalue weighted by Gasteiger charge is -2.22. The minimum Gasteiger partial charge on any atom is -0.465 e. The molecule has 0 saturated carbocycles. The fourth-order valence-corrected chi connectivity index (χ4v) is 5.58. The highest BCUT2D eigenvalue weighted by molar-refractivity contribution is 7.11. The molecule has 1 heterocycles. The Morgan fingerprint density at radius 1 is 1.00 bits per heavy atom. The minimum atomic E-state index is -0.656. The molecule has 4 rings (SSSR count). The molecule has 2 amide bonds. The van der Waals surface area contributed by atoms with E-state index in [-0.39, 0.29) is 24.7 Å². The minimum absolute atomic E-state index is 0.0153. The van der Waals surface area contributed by atoms with Gasteiger partial charge < -0.3 is 20.5 Å². The lowest BCUT2D eigenvalue weighted by atomic mass is 9.98. The van der Waals surface area contributed by atoms with Gasteiger partial charge in [-0.05, 0) is 55.9 Å². The number of amides is 2. The standard InChI is InChI=1S/C29H34N4O5S/c1-29(2,3)38-28(36)31-23(27-33-32-25(39-27)16-24(30)34)14-8-9-15-26(35)37-17-22-20-12-6-4-10-18(20)19-11-5-7-13-21(19)22/h4-7,10-13,22-23H,8-9,14-17H2,1-3H3,(H2,30,34)(H,31,36)/t23-/m0/s1. The Hall–Kier alpha value is -3.79. The van der Waals surface area contributed by atoms with Crippen LogP contribution in [-0.2, 0) is 25.5 Å². The fraction of sp³-hybridized carbons (Fsp3) is 0.414. The van der Waals surface area contributed by atoms with Crippen LogP contribution < -0.4 is 11.1 Å². The van der Waals surface area contributed by atoms with Gasteiger partial charge in [0.2, 0.25) is 5.91 Å². The van der Waals surface area contributed by atoms with E-state index in [1.54, 1.807) is 20.8 Å². The summed E-state index contributed by atoms with van der Waals surface area (Å²) in [5.74, 6) is -0.735. The van der Waals surface area contributed by atoms with Crippen molar-refractivity contribution in [2.45, 2.75) is 70.4 Å². The molecule has 1 atom stereocenters. The summed E-state index contributed by atoms with van der Waals surface area (Å²) in [6.07, 6.45) is 1.40. The third-order valence-corrected chi connectivity index (χ3v) is 7.33. The van der Waals surface area contributed by atoms with Crippen molar-refractivity contribution in [1.82, 2.24) is 15.5 Å². The Kier molecular flexibility index (Phi) is 8.96. The van der Waals surface area contributed by atoms with Crippen LogP contribution in [0, 0.1) is 0 Å². The van der Waals surface area contributed by atoms with Crippen LogP contribution in [0.3, 0.4) is 0 Å². The molecule has 0 fully saturated rings. The van der Waals surface area contributed by atoms with Crippen LogP contribution in [0.1, 0.15) is 79.6 Å². The summed E-state index contributed by atoms with van der Waals surface area (Å²) in [6.45, 7) is 5.65. The largest absolute Gasteiger partial charge is 0.465 e. The van der Waals surface area contributed by atoms with E-state index >= 15 is 0 Å². The number of nitrogens with zero attached hydrogens (tertiary/aromatic N) is 2. The summed E-state index contributed by atoms with van der Waals surface area (Å²) < 4.78 is 11.1. The molecule has 2 aromatic carbocycles. The quantitative estimate of drug-likeness (QED) is 0.252. The monoisotopic (exact) mass is 550 g/mol. The Bertz CT molecular complexity index is 1290. The summed E-state index contributed by atoms with van der Waals surface area (Å²) in [7, 11) is 0. The Morgan fingerprint density at radius 2 is 1.64 bits per heavy atom. The molecule has 0 radical (unpaired) electrons. The van der Waals surface area contributed by atoms with Gasteiger partial charge in [0.1, 0.15) is 22.2 Å². The topological polar surface area (TPSA) is 134 Å². The van der Waals surface area contributed by atoms with Gasteiger partial charge >= 0.3 is 12.1 Å². The number of fused-ring (bicyclic) bond motifs is 3. The molecule has 3 N–H and O–H groups in total. The molecule has 1 aromatic heterocycles. The first-order valence-electron chi connectivity index (χ1n) is 13.0. The maximum Gasteiger partial charge on any atom is 0.408 e. The van der Waals surface area contributed by atoms with E-state index in [4.69, 9.17) is 15.2 Å². The number of hydrogen-bond donors (Lipinski definition) is 2. The SMILES string of the molecule is CC(C)(C)OC(=O)N[C@@H](CCCCC(=O)OCC1c2ccccc2-c2ccccc21)c1nnc(CC(N)=O)s1. The molecular formula is C29H34N4O5S. The number of rotatable bonds is 11. The maximum atomic E-state index is 12.6. The Labute approximate surface area is 232 Å². The third-order valence-electron chi connectivity index (χ3n) is 6.29. The van der Waals surface area contributed by atoms with Crippen LogP contribution in [0.4, 0.5) is 4.79 Å². The summed E-state index contributed by atoms with van der Waals surface area (Å²) in [6, 6.07) is 16.0. The summed E-state index contributed by atoms with van der Waals surface area (Å²) in [5, 5.41) is 12.0. The van der Waals surface area contributed by atoms with E-state index < -0.39 is 23.6 Å². The number of nitrogens with two attached hydrogens (primary N) is 1. The van der Waals surface area contributed by atoms with Crippen molar-refractivity contribution < 1.29 is 23.9 Å². The summed E-state index contributed by atoms with van der Waals surface area (Å²) >= 11 is 1.22. The van der Waals surface area contributed by atoms with Gasteiger partial charge in [-0.1, -0.05) is 66.3 Å². The first kappa shape index (κ1) is 28.2. The second-order valence-corrected chi connectivity index (χ2v) is 11.6. The van der Waals surface area contributed by atoms with Crippen molar-refractivity contribution in [3.05, 3.63) is 69.7 Å². The molecule has 0 aliphatic heterocycles. The summed E-state index contributed by atoms with van der Waals surface area (Å²) in [4.78, 5) is 36.3. The van der Waals surface area contributed by atoms with Crippen molar-refractivity contribution in [2.75, 3.05) is 6.61 Å². The lowest BCUT2D eigenvalue weighted by molar-refractivity contribution is -0.144. The number of benzene rings is 2. The molecule has 0 spiro atoms. The molecule has 39 heavy (non-hydrogen) atoms. The smallest absolute Gasteiger partial charge is 0.408 e.